The summed E-state index contributed by atoms with van der Waals surface area (Å²) >= 11 is 0. The number of fused-ring (bicyclic) bond motifs is 4. The predicted molar refractivity (Wildman–Crippen MR) is 123 cm³/mol. The number of rotatable bonds is 3. The number of nitrogens with two attached hydrogens (primary N) is 1. The Morgan fingerprint density at radius 1 is 1.16 bits per heavy atom. The average Bonchev–Trinajstić information content (AvgIpc) is 3.33. The second-order valence-corrected chi connectivity index (χ2v) is 8.50. The number of carbonyl (C=O) groups excluding carboxylic acids is 1. The van der Waals surface area contributed by atoms with E-state index in [4.69, 9.17) is 20.0 Å². The summed E-state index contributed by atoms with van der Waals surface area (Å²) in [6.07, 6.45) is 3.14. The number of hydrogen-bond donors (Lipinski definition) is 1. The minimum Gasteiger partial charge on any atom is -0.469 e. The van der Waals surface area contributed by atoms with E-state index >= 15 is 0 Å². The van der Waals surface area contributed by atoms with Gasteiger partial charge in [-0.05, 0) is 43.5 Å². The van der Waals surface area contributed by atoms with Crippen LogP contribution in [0.25, 0.3) is 44.2 Å². The number of ether oxygens (including phenoxy) is 1. The van der Waals surface area contributed by atoms with Crippen molar-refractivity contribution in [2.45, 2.75) is 25.8 Å². The maximum Gasteiger partial charge on any atom is 0.308 e. The van der Waals surface area contributed by atoms with Crippen molar-refractivity contribution in [3.8, 4) is 11.3 Å². The van der Waals surface area contributed by atoms with E-state index in [1.807, 2.05) is 35.9 Å². The van der Waals surface area contributed by atoms with Crippen molar-refractivity contribution in [3.05, 3.63) is 54.2 Å². The van der Waals surface area contributed by atoms with Crippen LogP contribution in [0.15, 0.2) is 53.1 Å². The standard InChI is InChI=1S/C25H22N4O3/c1-13-12-27-24-21(22(13)26)23(28-29(24)16-9-15(10-16)25(30)31-2)14-7-8-18-17-5-3-4-6-19(17)32-20(18)11-14/h3-8,11-12,15-16H,9-10H2,1-2H3,(H2,26,27). The fraction of sp³-hybridized carbons (Fsp3) is 0.240. The number of hydrogen-bond acceptors (Lipinski definition) is 6. The number of benzene rings is 2. The van der Waals surface area contributed by atoms with Crippen molar-refractivity contribution in [1.82, 2.24) is 14.8 Å². The van der Waals surface area contributed by atoms with E-state index in [0.717, 1.165) is 49.8 Å². The van der Waals surface area contributed by atoms with Crippen LogP contribution < -0.4 is 5.73 Å². The number of esters is 1. The topological polar surface area (TPSA) is 96.2 Å². The lowest BCUT2D eigenvalue weighted by molar-refractivity contribution is -0.149. The fourth-order valence-electron chi connectivity index (χ4n) is 4.70. The van der Waals surface area contributed by atoms with Gasteiger partial charge in [0.25, 0.3) is 0 Å². The molecule has 0 amide bonds. The third-order valence-corrected chi connectivity index (χ3v) is 6.61. The third-order valence-electron chi connectivity index (χ3n) is 6.61. The van der Waals surface area contributed by atoms with Gasteiger partial charge in [0.2, 0.25) is 0 Å². The number of anilines is 1. The zero-order valence-corrected chi connectivity index (χ0v) is 17.8. The molecule has 2 N–H and O–H groups in total. The number of carbonyl (C=O) groups is 1. The molecular formula is C25H22N4O3. The normalized spacial score (nSPS) is 18.3. The van der Waals surface area contributed by atoms with Gasteiger partial charge in [-0.2, -0.15) is 5.10 Å². The second-order valence-electron chi connectivity index (χ2n) is 8.50. The van der Waals surface area contributed by atoms with Crippen LogP contribution in [0.3, 0.4) is 0 Å². The number of aromatic nitrogens is 3. The van der Waals surface area contributed by atoms with E-state index in [2.05, 4.69) is 23.2 Å². The highest BCUT2D eigenvalue weighted by molar-refractivity contribution is 6.07. The Balaban J connectivity index is 1.51. The largest absolute Gasteiger partial charge is 0.469 e. The van der Waals surface area contributed by atoms with E-state index in [1.165, 1.54) is 7.11 Å². The lowest BCUT2D eigenvalue weighted by Gasteiger charge is -2.33. The molecule has 7 heteroatoms. The molecule has 6 rings (SSSR count). The Hall–Kier alpha value is -3.87. The Labute approximate surface area is 183 Å². The number of furan rings is 1. The van der Waals surface area contributed by atoms with Crippen LogP contribution in [0.2, 0.25) is 0 Å². The van der Waals surface area contributed by atoms with Crippen LogP contribution >= 0.6 is 0 Å². The highest BCUT2D eigenvalue weighted by Crippen LogP contribution is 2.43. The number of aryl methyl sites for hydroxylation is 1. The van der Waals surface area contributed by atoms with Gasteiger partial charge in [0.05, 0.1) is 24.5 Å². The van der Waals surface area contributed by atoms with Crippen LogP contribution in [0.5, 0.6) is 0 Å². The first kappa shape index (κ1) is 18.9. The lowest BCUT2D eigenvalue weighted by atomic mass is 9.80. The molecular weight excluding hydrogens is 404 g/mol. The maximum absolute atomic E-state index is 11.9. The molecule has 3 aromatic heterocycles. The van der Waals surface area contributed by atoms with Crippen LogP contribution in [0.1, 0.15) is 24.4 Å². The minimum absolute atomic E-state index is 0.0832. The van der Waals surface area contributed by atoms with E-state index in [1.54, 1.807) is 6.20 Å². The van der Waals surface area contributed by atoms with Crippen LogP contribution in [-0.2, 0) is 9.53 Å². The van der Waals surface area contributed by atoms with Gasteiger partial charge in [-0.1, -0.05) is 24.3 Å². The molecule has 32 heavy (non-hydrogen) atoms. The average molecular weight is 426 g/mol. The van der Waals surface area contributed by atoms with E-state index in [9.17, 15) is 4.79 Å². The summed E-state index contributed by atoms with van der Waals surface area (Å²) in [5.74, 6) is -0.265. The molecule has 0 radical (unpaired) electrons. The number of methoxy groups -OCH3 is 1. The molecule has 0 bridgehead atoms. The Bertz CT molecular complexity index is 1530. The summed E-state index contributed by atoms with van der Waals surface area (Å²) in [5, 5.41) is 7.93. The van der Waals surface area contributed by atoms with Gasteiger partial charge >= 0.3 is 5.97 Å². The zero-order chi connectivity index (χ0) is 22.0. The first-order valence-corrected chi connectivity index (χ1v) is 10.7. The molecule has 0 saturated heterocycles. The van der Waals surface area contributed by atoms with Gasteiger partial charge in [-0.15, -0.1) is 0 Å². The number of para-hydroxylation sites is 1. The van der Waals surface area contributed by atoms with Crippen LogP contribution in [-0.4, -0.2) is 27.8 Å². The Morgan fingerprint density at radius 2 is 1.94 bits per heavy atom. The van der Waals surface area contributed by atoms with Crippen LogP contribution in [0.4, 0.5) is 5.69 Å². The first-order chi connectivity index (χ1) is 15.5. The third kappa shape index (κ3) is 2.64. The highest BCUT2D eigenvalue weighted by atomic mass is 16.5. The van der Waals surface area contributed by atoms with E-state index < -0.39 is 0 Å². The molecule has 1 aliphatic rings. The van der Waals surface area contributed by atoms with Crippen LogP contribution in [0, 0.1) is 12.8 Å². The van der Waals surface area contributed by atoms with Crippen molar-refractivity contribution < 1.29 is 13.9 Å². The van der Waals surface area contributed by atoms with Gasteiger partial charge in [-0.25, -0.2) is 9.67 Å². The molecule has 1 aliphatic carbocycles. The molecule has 0 atom stereocenters. The summed E-state index contributed by atoms with van der Waals surface area (Å²) < 4.78 is 12.9. The first-order valence-electron chi connectivity index (χ1n) is 10.7. The molecule has 7 nitrogen and oxygen atoms in total. The molecule has 5 aromatic rings. The van der Waals surface area contributed by atoms with Gasteiger partial charge in [0.15, 0.2) is 5.65 Å². The SMILES string of the molecule is COC(=O)C1CC(n2nc(-c3ccc4c(c3)oc3ccccc34)c3c(N)c(C)cnc32)C1. The molecule has 2 aromatic carbocycles. The molecule has 0 aliphatic heterocycles. The van der Waals surface area contributed by atoms with Crippen molar-refractivity contribution in [3.63, 3.8) is 0 Å². The van der Waals surface area contributed by atoms with Crippen molar-refractivity contribution in [1.29, 1.82) is 0 Å². The van der Waals surface area contributed by atoms with Gasteiger partial charge in [-0.3, -0.25) is 4.79 Å². The Kier molecular flexibility index (Phi) is 4.02. The molecule has 160 valence electrons. The minimum atomic E-state index is -0.170. The molecule has 1 saturated carbocycles. The molecule has 3 heterocycles. The summed E-state index contributed by atoms with van der Waals surface area (Å²) in [4.78, 5) is 16.5. The second kappa shape index (κ2) is 6.82. The monoisotopic (exact) mass is 426 g/mol. The number of nitrogen functional groups attached to an aromatic ring is 1. The van der Waals surface area contributed by atoms with Crippen molar-refractivity contribution >= 4 is 44.6 Å². The van der Waals surface area contributed by atoms with Crippen molar-refractivity contribution in [2.75, 3.05) is 12.8 Å². The summed E-state index contributed by atoms with van der Waals surface area (Å²) in [7, 11) is 1.43. The van der Waals surface area contributed by atoms with Gasteiger partial charge < -0.3 is 14.9 Å². The quantitative estimate of drug-likeness (QED) is 0.407. The fourth-order valence-corrected chi connectivity index (χ4v) is 4.70. The van der Waals surface area contributed by atoms with Crippen molar-refractivity contribution in [2.24, 2.45) is 5.92 Å². The van der Waals surface area contributed by atoms with Gasteiger partial charge in [0.1, 0.15) is 16.9 Å². The van der Waals surface area contributed by atoms with E-state index in [0.29, 0.717) is 18.5 Å². The highest BCUT2D eigenvalue weighted by Gasteiger charge is 2.38. The lowest BCUT2D eigenvalue weighted by Crippen LogP contribution is -2.33. The summed E-state index contributed by atoms with van der Waals surface area (Å²) in [6.45, 7) is 1.95. The predicted octanol–water partition coefficient (Wildman–Crippen LogP) is 5.01. The number of pyridine rings is 1. The van der Waals surface area contributed by atoms with Gasteiger partial charge in [0, 0.05) is 28.2 Å². The molecule has 1 fully saturated rings. The molecule has 0 spiro atoms. The van der Waals surface area contributed by atoms with E-state index in [-0.39, 0.29) is 17.9 Å². The smallest absolute Gasteiger partial charge is 0.308 e. The molecule has 0 unspecified atom stereocenters. The number of nitrogens with zero attached hydrogens (tertiary/aromatic N) is 3. The Morgan fingerprint density at radius 3 is 2.75 bits per heavy atom. The summed E-state index contributed by atoms with van der Waals surface area (Å²) in [5.41, 5.74) is 12.2. The summed E-state index contributed by atoms with van der Waals surface area (Å²) in [6, 6.07) is 14.2. The maximum atomic E-state index is 11.9. The zero-order valence-electron chi connectivity index (χ0n) is 17.8.